The number of hydrogen-bond acceptors (Lipinski definition) is 3. The Labute approximate surface area is 195 Å². The molecule has 1 aliphatic rings. The minimum Gasteiger partial charge on any atom is -0.407 e. The van der Waals surface area contributed by atoms with Gasteiger partial charge in [-0.3, -0.25) is 0 Å². The van der Waals surface area contributed by atoms with Crippen molar-refractivity contribution in [3.05, 3.63) is 83.3 Å². The Hall–Kier alpha value is -2.16. The number of benzene rings is 2. The number of halogens is 3. The highest BCUT2D eigenvalue weighted by molar-refractivity contribution is 7.96. The Balaban J connectivity index is 2.10. The minimum atomic E-state index is -5.45. The molecule has 1 aliphatic carbocycles. The van der Waals surface area contributed by atoms with Crippen LogP contribution >= 0.6 is 0 Å². The first-order valence-electron chi connectivity index (χ1n) is 10.7. The van der Waals surface area contributed by atoms with Crippen LogP contribution < -0.4 is 10.4 Å². The van der Waals surface area contributed by atoms with Gasteiger partial charge in [0.05, 0.1) is 4.91 Å². The fraction of sp³-hybridized carbons (Fsp3) is 0.360. The zero-order chi connectivity index (χ0) is 24.5. The first kappa shape index (κ1) is 25.5. The maximum atomic E-state index is 13.4. The standard InChI is InChI=1S/C25H29F3O3SSi/c1-19-15-16-23(32(29,30)25(26,27)28)20(17-19)18-31-33(24(2,3)4,21-11-7-5-8-12-21)22-13-9-6-10-14-22/h5-16,20H,17-18H2,1-4H3. The van der Waals surface area contributed by atoms with Gasteiger partial charge in [-0.25, -0.2) is 8.42 Å². The molecule has 1 atom stereocenters. The molecule has 0 radical (unpaired) electrons. The summed E-state index contributed by atoms with van der Waals surface area (Å²) in [4.78, 5) is -0.626. The first-order valence-corrected chi connectivity index (χ1v) is 14.1. The van der Waals surface area contributed by atoms with Crippen molar-refractivity contribution in [2.45, 2.75) is 44.7 Å². The SMILES string of the molecule is CC1=CC=C(S(=O)(=O)C(F)(F)F)C(CO[Si](c2ccccc2)(c2ccccc2)C(C)(C)C)C1. The average molecular weight is 495 g/mol. The molecule has 0 amide bonds. The predicted octanol–water partition coefficient (Wildman–Crippen LogP) is 5.35. The van der Waals surface area contributed by atoms with Gasteiger partial charge in [0.1, 0.15) is 0 Å². The molecular weight excluding hydrogens is 465 g/mol. The van der Waals surface area contributed by atoms with Crippen LogP contribution in [0, 0.1) is 5.92 Å². The summed E-state index contributed by atoms with van der Waals surface area (Å²) in [5, 5.41) is 1.59. The molecule has 3 nitrogen and oxygen atoms in total. The molecule has 0 bridgehead atoms. The van der Waals surface area contributed by atoms with Crippen molar-refractivity contribution in [3.8, 4) is 0 Å². The highest BCUT2D eigenvalue weighted by Gasteiger charge is 2.53. The van der Waals surface area contributed by atoms with E-state index in [1.54, 1.807) is 6.92 Å². The number of alkyl halides is 3. The lowest BCUT2D eigenvalue weighted by atomic mass is 9.96. The normalized spacial score (nSPS) is 18.0. The van der Waals surface area contributed by atoms with Gasteiger partial charge >= 0.3 is 5.51 Å². The third-order valence-electron chi connectivity index (χ3n) is 6.04. The molecule has 0 saturated heterocycles. The lowest BCUT2D eigenvalue weighted by Gasteiger charge is -2.44. The quantitative estimate of drug-likeness (QED) is 0.509. The molecule has 0 saturated carbocycles. The third-order valence-corrected chi connectivity index (χ3v) is 12.7. The van der Waals surface area contributed by atoms with Crippen LogP contribution in [0.4, 0.5) is 13.2 Å². The molecule has 0 aliphatic heterocycles. The molecule has 8 heteroatoms. The molecule has 3 rings (SSSR count). The van der Waals surface area contributed by atoms with Crippen molar-refractivity contribution < 1.29 is 26.0 Å². The number of allylic oxidation sites excluding steroid dienone is 3. The minimum absolute atomic E-state index is 0.125. The summed E-state index contributed by atoms with van der Waals surface area (Å²) in [5.41, 5.74) is -4.54. The highest BCUT2D eigenvalue weighted by atomic mass is 32.2. The van der Waals surface area contributed by atoms with Crippen LogP contribution in [0.25, 0.3) is 0 Å². The fourth-order valence-electron chi connectivity index (χ4n) is 4.49. The lowest BCUT2D eigenvalue weighted by molar-refractivity contribution is -0.0430. The Kier molecular flexibility index (Phi) is 7.12. The smallest absolute Gasteiger partial charge is 0.407 e. The summed E-state index contributed by atoms with van der Waals surface area (Å²) >= 11 is 0. The second-order valence-electron chi connectivity index (χ2n) is 9.41. The van der Waals surface area contributed by atoms with Gasteiger partial charge in [-0.2, -0.15) is 13.2 Å². The van der Waals surface area contributed by atoms with E-state index in [0.29, 0.717) is 0 Å². The summed E-state index contributed by atoms with van der Waals surface area (Å²) in [6.07, 6.45) is 2.72. The van der Waals surface area contributed by atoms with Gasteiger partial charge in [-0.15, -0.1) is 0 Å². The van der Waals surface area contributed by atoms with E-state index in [-0.39, 0.29) is 18.1 Å². The van der Waals surface area contributed by atoms with Crippen LogP contribution in [0.5, 0.6) is 0 Å². The van der Waals surface area contributed by atoms with Gasteiger partial charge in [0.2, 0.25) is 0 Å². The van der Waals surface area contributed by atoms with E-state index in [1.807, 2.05) is 60.7 Å². The summed E-state index contributed by atoms with van der Waals surface area (Å²) in [6, 6.07) is 19.4. The van der Waals surface area contributed by atoms with Gasteiger partial charge in [0, 0.05) is 12.5 Å². The molecule has 2 aromatic carbocycles. The summed E-state index contributed by atoms with van der Waals surface area (Å²) < 4.78 is 71.6. The predicted molar refractivity (Wildman–Crippen MR) is 128 cm³/mol. The van der Waals surface area contributed by atoms with Gasteiger partial charge < -0.3 is 4.43 Å². The maximum Gasteiger partial charge on any atom is 0.501 e. The molecule has 0 spiro atoms. The monoisotopic (exact) mass is 494 g/mol. The molecule has 0 fully saturated rings. The molecule has 178 valence electrons. The van der Waals surface area contributed by atoms with E-state index in [9.17, 15) is 21.6 Å². The van der Waals surface area contributed by atoms with Gasteiger partial charge in [-0.1, -0.05) is 93.1 Å². The average Bonchev–Trinajstić information content (AvgIpc) is 2.74. The van der Waals surface area contributed by atoms with Crippen LogP contribution in [-0.2, 0) is 14.3 Å². The van der Waals surface area contributed by atoms with E-state index in [0.717, 1.165) is 22.0 Å². The second kappa shape index (κ2) is 9.23. The van der Waals surface area contributed by atoms with Crippen LogP contribution in [0.3, 0.4) is 0 Å². The molecule has 0 N–H and O–H groups in total. The first-order chi connectivity index (χ1) is 15.3. The summed E-state index contributed by atoms with van der Waals surface area (Å²) in [7, 11) is -8.47. The Morgan fingerprint density at radius 2 is 1.39 bits per heavy atom. The fourth-order valence-corrected chi connectivity index (χ4v) is 10.2. The summed E-state index contributed by atoms with van der Waals surface area (Å²) in [6.45, 7) is 7.85. The largest absolute Gasteiger partial charge is 0.501 e. The van der Waals surface area contributed by atoms with Gasteiger partial charge in [0.15, 0.2) is 0 Å². The van der Waals surface area contributed by atoms with Crippen molar-refractivity contribution >= 4 is 28.5 Å². The number of rotatable bonds is 6. The van der Waals surface area contributed by atoms with Crippen molar-refractivity contribution in [1.29, 1.82) is 0 Å². The van der Waals surface area contributed by atoms with E-state index in [1.165, 1.54) is 6.08 Å². The van der Waals surface area contributed by atoms with E-state index in [2.05, 4.69) is 20.8 Å². The zero-order valence-electron chi connectivity index (χ0n) is 19.2. The van der Waals surface area contributed by atoms with Crippen molar-refractivity contribution in [3.63, 3.8) is 0 Å². The van der Waals surface area contributed by atoms with E-state index >= 15 is 0 Å². The van der Waals surface area contributed by atoms with E-state index < -0.39 is 34.5 Å². The third kappa shape index (κ3) is 4.88. The Morgan fingerprint density at radius 3 is 1.82 bits per heavy atom. The maximum absolute atomic E-state index is 13.4. The van der Waals surface area contributed by atoms with Gasteiger partial charge in [0.25, 0.3) is 18.2 Å². The summed E-state index contributed by atoms with van der Waals surface area (Å²) in [5.74, 6) is -0.914. The Morgan fingerprint density at radius 1 is 0.909 bits per heavy atom. The molecule has 33 heavy (non-hydrogen) atoms. The molecule has 0 aromatic heterocycles. The van der Waals surface area contributed by atoms with Crippen LogP contribution in [0.2, 0.25) is 5.04 Å². The lowest BCUT2D eigenvalue weighted by Crippen LogP contribution is -2.67. The highest BCUT2D eigenvalue weighted by Crippen LogP contribution is 2.41. The van der Waals surface area contributed by atoms with Crippen molar-refractivity contribution in [2.24, 2.45) is 5.92 Å². The van der Waals surface area contributed by atoms with Crippen LogP contribution in [-0.4, -0.2) is 28.9 Å². The molecule has 2 aromatic rings. The molecule has 0 heterocycles. The molecular formula is C25H29F3O3SSi. The zero-order valence-corrected chi connectivity index (χ0v) is 21.0. The van der Waals surface area contributed by atoms with Gasteiger partial charge in [-0.05, 0) is 34.8 Å². The topological polar surface area (TPSA) is 43.4 Å². The number of sulfone groups is 1. The van der Waals surface area contributed by atoms with Crippen molar-refractivity contribution in [1.82, 2.24) is 0 Å². The van der Waals surface area contributed by atoms with Crippen LogP contribution in [0.1, 0.15) is 34.1 Å². The van der Waals surface area contributed by atoms with E-state index in [4.69, 9.17) is 4.43 Å². The van der Waals surface area contributed by atoms with Crippen molar-refractivity contribution in [2.75, 3.05) is 6.61 Å². The number of hydrogen-bond donors (Lipinski definition) is 0. The van der Waals surface area contributed by atoms with Crippen LogP contribution in [0.15, 0.2) is 83.3 Å². The second-order valence-corrected chi connectivity index (χ2v) is 15.7. The molecule has 1 unspecified atom stereocenters. The Bertz CT molecular complexity index is 1090.